The van der Waals surface area contributed by atoms with Crippen LogP contribution in [0.3, 0.4) is 0 Å². The van der Waals surface area contributed by atoms with E-state index in [4.69, 9.17) is 0 Å². The average molecular weight is 285 g/mol. The summed E-state index contributed by atoms with van der Waals surface area (Å²) in [5.41, 5.74) is 0. The van der Waals surface area contributed by atoms with Crippen LogP contribution in [0.1, 0.15) is 39.5 Å². The molecular weight excluding hydrogens is 264 g/mol. The third-order valence-corrected chi connectivity index (χ3v) is 3.31. The van der Waals surface area contributed by atoms with Gasteiger partial charge in [-0.15, -0.1) is 0 Å². The highest BCUT2D eigenvalue weighted by molar-refractivity contribution is 9.10. The molecule has 0 saturated heterocycles. The Bertz CT molecular complexity index is 284. The molecule has 0 amide bonds. The average Bonchev–Trinajstić information content (AvgIpc) is 2.32. The van der Waals surface area contributed by atoms with E-state index in [-0.39, 0.29) is 0 Å². The Balaban J connectivity index is 2.34. The molecule has 0 aliphatic heterocycles. The van der Waals surface area contributed by atoms with E-state index in [1.807, 2.05) is 18.3 Å². The van der Waals surface area contributed by atoms with Crippen molar-refractivity contribution in [3.05, 3.63) is 22.8 Å². The van der Waals surface area contributed by atoms with Gasteiger partial charge in [-0.05, 0) is 40.4 Å². The second-order valence-electron chi connectivity index (χ2n) is 4.16. The van der Waals surface area contributed by atoms with Crippen LogP contribution in [0, 0.1) is 5.92 Å². The van der Waals surface area contributed by atoms with Crippen LogP contribution in [-0.2, 0) is 0 Å². The Labute approximate surface area is 107 Å². The van der Waals surface area contributed by atoms with Gasteiger partial charge in [0, 0.05) is 17.2 Å². The maximum atomic E-state index is 4.31. The van der Waals surface area contributed by atoms with Gasteiger partial charge in [-0.25, -0.2) is 4.98 Å². The van der Waals surface area contributed by atoms with Gasteiger partial charge in [0.25, 0.3) is 0 Å². The van der Waals surface area contributed by atoms with Crippen LogP contribution >= 0.6 is 15.9 Å². The molecule has 0 radical (unpaired) electrons. The van der Waals surface area contributed by atoms with Crippen molar-refractivity contribution in [1.82, 2.24) is 4.98 Å². The second kappa shape index (κ2) is 7.66. The molecule has 0 bridgehead atoms. The minimum absolute atomic E-state index is 0.769. The molecule has 0 aromatic carbocycles. The lowest BCUT2D eigenvalue weighted by atomic mass is 9.99. The minimum Gasteiger partial charge on any atom is -0.370 e. The van der Waals surface area contributed by atoms with Gasteiger partial charge in [0.15, 0.2) is 0 Å². The molecule has 16 heavy (non-hydrogen) atoms. The Kier molecular flexibility index (Phi) is 6.46. The zero-order chi connectivity index (χ0) is 11.8. The smallest absolute Gasteiger partial charge is 0.125 e. The minimum atomic E-state index is 0.769. The van der Waals surface area contributed by atoms with E-state index in [1.165, 1.54) is 25.7 Å². The summed E-state index contributed by atoms with van der Waals surface area (Å²) in [6.07, 6.45) is 7.00. The normalized spacial score (nSPS) is 12.4. The lowest BCUT2D eigenvalue weighted by molar-refractivity contribution is 0.472. The summed E-state index contributed by atoms with van der Waals surface area (Å²) < 4.78 is 1.02. The fourth-order valence-electron chi connectivity index (χ4n) is 1.67. The maximum absolute atomic E-state index is 4.31. The van der Waals surface area contributed by atoms with E-state index in [9.17, 15) is 0 Å². The van der Waals surface area contributed by atoms with Crippen molar-refractivity contribution in [2.45, 2.75) is 39.5 Å². The first-order chi connectivity index (χ1) is 7.76. The highest BCUT2D eigenvalue weighted by Crippen LogP contribution is 2.15. The van der Waals surface area contributed by atoms with Gasteiger partial charge in [-0.1, -0.05) is 33.1 Å². The van der Waals surface area contributed by atoms with E-state index in [2.05, 4.69) is 40.1 Å². The number of nitrogens with one attached hydrogen (secondary N) is 1. The van der Waals surface area contributed by atoms with E-state index in [0.29, 0.717) is 0 Å². The molecule has 0 aliphatic carbocycles. The third-order valence-electron chi connectivity index (χ3n) is 2.84. The quantitative estimate of drug-likeness (QED) is 0.799. The van der Waals surface area contributed by atoms with Crippen LogP contribution in [0.4, 0.5) is 5.82 Å². The number of unbranched alkanes of at least 4 members (excludes halogenated alkanes) is 1. The number of halogens is 1. The van der Waals surface area contributed by atoms with Crippen LogP contribution in [0.25, 0.3) is 0 Å². The van der Waals surface area contributed by atoms with Gasteiger partial charge >= 0.3 is 0 Å². The van der Waals surface area contributed by atoms with Crippen molar-refractivity contribution in [2.75, 3.05) is 11.9 Å². The molecule has 0 saturated carbocycles. The van der Waals surface area contributed by atoms with Crippen molar-refractivity contribution >= 4 is 21.7 Å². The number of hydrogen-bond donors (Lipinski definition) is 1. The molecule has 1 N–H and O–H groups in total. The molecule has 90 valence electrons. The first-order valence-electron chi connectivity index (χ1n) is 6.11. The predicted octanol–water partition coefficient (Wildman–Crippen LogP) is 4.47. The SMILES string of the molecule is CCCCC(CC)CNc1ccc(Br)cn1. The van der Waals surface area contributed by atoms with Crippen LogP contribution in [0.5, 0.6) is 0 Å². The molecular formula is C13H21BrN2. The molecule has 2 nitrogen and oxygen atoms in total. The summed E-state index contributed by atoms with van der Waals surface area (Å²) in [5, 5.41) is 3.40. The molecule has 0 aliphatic rings. The molecule has 1 atom stereocenters. The second-order valence-corrected chi connectivity index (χ2v) is 5.07. The van der Waals surface area contributed by atoms with E-state index >= 15 is 0 Å². The molecule has 1 aromatic heterocycles. The Morgan fingerprint density at radius 3 is 2.75 bits per heavy atom. The Morgan fingerprint density at radius 1 is 1.38 bits per heavy atom. The number of anilines is 1. The van der Waals surface area contributed by atoms with Crippen LogP contribution in [-0.4, -0.2) is 11.5 Å². The van der Waals surface area contributed by atoms with E-state index in [1.54, 1.807) is 0 Å². The first-order valence-corrected chi connectivity index (χ1v) is 6.91. The van der Waals surface area contributed by atoms with Crippen LogP contribution < -0.4 is 5.32 Å². The van der Waals surface area contributed by atoms with Crippen molar-refractivity contribution in [3.63, 3.8) is 0 Å². The highest BCUT2D eigenvalue weighted by Gasteiger charge is 2.05. The number of rotatable bonds is 7. The van der Waals surface area contributed by atoms with Gasteiger partial charge in [0.2, 0.25) is 0 Å². The number of nitrogens with zero attached hydrogens (tertiary/aromatic N) is 1. The van der Waals surface area contributed by atoms with E-state index in [0.717, 1.165) is 22.8 Å². The fourth-order valence-corrected chi connectivity index (χ4v) is 1.91. The molecule has 1 rings (SSSR count). The monoisotopic (exact) mass is 284 g/mol. The van der Waals surface area contributed by atoms with Gasteiger partial charge in [-0.3, -0.25) is 0 Å². The number of pyridine rings is 1. The number of aromatic nitrogens is 1. The molecule has 1 aromatic rings. The van der Waals surface area contributed by atoms with Crippen LogP contribution in [0.15, 0.2) is 22.8 Å². The van der Waals surface area contributed by atoms with Gasteiger partial charge in [0.1, 0.15) is 5.82 Å². The molecule has 0 fully saturated rings. The molecule has 1 heterocycles. The third kappa shape index (κ3) is 4.97. The lowest BCUT2D eigenvalue weighted by Gasteiger charge is -2.15. The zero-order valence-electron chi connectivity index (χ0n) is 10.2. The standard InChI is InChI=1S/C13H21BrN2/c1-3-5-6-11(4-2)9-15-13-8-7-12(14)10-16-13/h7-8,10-11H,3-6,9H2,1-2H3,(H,15,16). The number of hydrogen-bond acceptors (Lipinski definition) is 2. The summed E-state index contributed by atoms with van der Waals surface area (Å²) in [7, 11) is 0. The van der Waals surface area contributed by atoms with Crippen LogP contribution in [0.2, 0.25) is 0 Å². The predicted molar refractivity (Wildman–Crippen MR) is 73.7 cm³/mol. The van der Waals surface area contributed by atoms with Crippen molar-refractivity contribution in [1.29, 1.82) is 0 Å². The largest absolute Gasteiger partial charge is 0.370 e. The molecule has 1 unspecified atom stereocenters. The lowest BCUT2D eigenvalue weighted by Crippen LogP contribution is -2.14. The Hall–Kier alpha value is -0.570. The van der Waals surface area contributed by atoms with Crippen molar-refractivity contribution in [3.8, 4) is 0 Å². The topological polar surface area (TPSA) is 24.9 Å². The summed E-state index contributed by atoms with van der Waals surface area (Å²) in [6.45, 7) is 5.54. The fraction of sp³-hybridized carbons (Fsp3) is 0.615. The molecule has 0 spiro atoms. The van der Waals surface area contributed by atoms with E-state index < -0.39 is 0 Å². The molecule has 3 heteroatoms. The summed E-state index contributed by atoms with van der Waals surface area (Å²) in [6, 6.07) is 4.03. The van der Waals surface area contributed by atoms with Crippen molar-refractivity contribution in [2.24, 2.45) is 5.92 Å². The highest BCUT2D eigenvalue weighted by atomic mass is 79.9. The van der Waals surface area contributed by atoms with Crippen molar-refractivity contribution < 1.29 is 0 Å². The first kappa shape index (κ1) is 13.5. The summed E-state index contributed by atoms with van der Waals surface area (Å²) in [4.78, 5) is 4.31. The van der Waals surface area contributed by atoms with Gasteiger partial charge in [-0.2, -0.15) is 0 Å². The summed E-state index contributed by atoms with van der Waals surface area (Å²) in [5.74, 6) is 1.74. The maximum Gasteiger partial charge on any atom is 0.125 e. The zero-order valence-corrected chi connectivity index (χ0v) is 11.8. The summed E-state index contributed by atoms with van der Waals surface area (Å²) >= 11 is 3.38. The van der Waals surface area contributed by atoms with Gasteiger partial charge < -0.3 is 5.32 Å². The van der Waals surface area contributed by atoms with Gasteiger partial charge in [0.05, 0.1) is 0 Å². The Morgan fingerprint density at radius 2 is 2.19 bits per heavy atom.